The number of carbonyl (C=O) groups is 3. The summed E-state index contributed by atoms with van der Waals surface area (Å²) in [6.07, 6.45) is 1.63. The van der Waals surface area contributed by atoms with E-state index in [9.17, 15) is 14.4 Å². The number of rotatable bonds is 5. The van der Waals surface area contributed by atoms with Crippen molar-refractivity contribution in [3.8, 4) is 0 Å². The van der Waals surface area contributed by atoms with Gasteiger partial charge in [-0.3, -0.25) is 14.4 Å². The Balaban J connectivity index is 1.86. The lowest BCUT2D eigenvalue weighted by Crippen LogP contribution is -2.50. The van der Waals surface area contributed by atoms with E-state index in [1.807, 2.05) is 30.9 Å². The maximum absolute atomic E-state index is 13.1. The monoisotopic (exact) mass is 387 g/mol. The molecular weight excluding hydrogens is 358 g/mol. The SMILES string of the molecule is CC(C)C(=O)N1CCC2(CC1)C(=O)N(C)c1ccc(C(=O)NCCCO)cc12. The third-order valence-electron chi connectivity index (χ3n) is 5.89. The number of likely N-dealkylation sites (tertiary alicyclic amines) is 1. The van der Waals surface area contributed by atoms with Crippen LogP contribution in [0.2, 0.25) is 0 Å². The normalized spacial score (nSPS) is 18.0. The Morgan fingerprint density at radius 3 is 2.54 bits per heavy atom. The zero-order valence-electron chi connectivity index (χ0n) is 16.8. The lowest BCUT2D eigenvalue weighted by atomic mass is 9.73. The number of aliphatic hydroxyl groups excluding tert-OH is 1. The highest BCUT2D eigenvalue weighted by Crippen LogP contribution is 2.47. The molecule has 3 rings (SSSR count). The van der Waals surface area contributed by atoms with Crippen LogP contribution in [0.1, 0.15) is 49.0 Å². The van der Waals surface area contributed by atoms with Gasteiger partial charge in [-0.25, -0.2) is 0 Å². The summed E-state index contributed by atoms with van der Waals surface area (Å²) < 4.78 is 0. The molecule has 0 aliphatic carbocycles. The van der Waals surface area contributed by atoms with Crippen molar-refractivity contribution in [2.24, 2.45) is 5.92 Å². The number of nitrogens with one attached hydrogen (secondary N) is 1. The molecule has 0 aromatic heterocycles. The second-order valence-electron chi connectivity index (χ2n) is 7.99. The number of anilines is 1. The van der Waals surface area contributed by atoms with Gasteiger partial charge in [-0.05, 0) is 43.0 Å². The van der Waals surface area contributed by atoms with Crippen molar-refractivity contribution in [1.29, 1.82) is 0 Å². The Hall–Kier alpha value is -2.41. The first-order chi connectivity index (χ1) is 13.3. The number of hydrogen-bond acceptors (Lipinski definition) is 4. The van der Waals surface area contributed by atoms with Gasteiger partial charge in [0.15, 0.2) is 0 Å². The molecule has 0 unspecified atom stereocenters. The van der Waals surface area contributed by atoms with Crippen molar-refractivity contribution in [1.82, 2.24) is 10.2 Å². The van der Waals surface area contributed by atoms with Gasteiger partial charge in [0.05, 0.1) is 5.41 Å². The first kappa shape index (κ1) is 20.3. The molecule has 1 spiro atoms. The second-order valence-corrected chi connectivity index (χ2v) is 7.99. The predicted molar refractivity (Wildman–Crippen MR) is 106 cm³/mol. The summed E-state index contributed by atoms with van der Waals surface area (Å²) >= 11 is 0. The Bertz CT molecular complexity index is 782. The summed E-state index contributed by atoms with van der Waals surface area (Å²) in [6.45, 7) is 5.30. The van der Waals surface area contributed by atoms with Crippen LogP contribution in [0.3, 0.4) is 0 Å². The van der Waals surface area contributed by atoms with E-state index in [0.717, 1.165) is 11.3 Å². The van der Waals surface area contributed by atoms with E-state index in [0.29, 0.717) is 44.5 Å². The number of hydrogen-bond donors (Lipinski definition) is 2. The highest BCUT2D eigenvalue weighted by atomic mass is 16.3. The van der Waals surface area contributed by atoms with Crippen LogP contribution in [0.5, 0.6) is 0 Å². The molecule has 0 radical (unpaired) electrons. The van der Waals surface area contributed by atoms with Gasteiger partial charge in [0.2, 0.25) is 11.8 Å². The van der Waals surface area contributed by atoms with E-state index in [1.54, 1.807) is 18.0 Å². The number of fused-ring (bicyclic) bond motifs is 2. The van der Waals surface area contributed by atoms with Crippen molar-refractivity contribution in [3.05, 3.63) is 29.3 Å². The molecule has 0 atom stereocenters. The first-order valence-electron chi connectivity index (χ1n) is 9.92. The maximum atomic E-state index is 13.1. The molecule has 2 aliphatic rings. The summed E-state index contributed by atoms with van der Waals surface area (Å²) in [7, 11) is 1.77. The molecule has 1 saturated heterocycles. The number of aliphatic hydroxyl groups is 1. The quantitative estimate of drug-likeness (QED) is 0.745. The highest BCUT2D eigenvalue weighted by molar-refractivity contribution is 6.09. The largest absolute Gasteiger partial charge is 0.396 e. The topological polar surface area (TPSA) is 90.0 Å². The smallest absolute Gasteiger partial charge is 0.251 e. The standard InChI is InChI=1S/C21H29N3O4/c1-14(2)19(27)24-10-7-21(8-11-24)16-13-15(18(26)22-9-4-12-25)5-6-17(16)23(3)20(21)28/h5-6,13-14,25H,4,7-12H2,1-3H3,(H,22,26). The van der Waals surface area contributed by atoms with E-state index in [-0.39, 0.29) is 30.2 Å². The molecule has 152 valence electrons. The molecule has 7 nitrogen and oxygen atoms in total. The fraction of sp³-hybridized carbons (Fsp3) is 0.571. The number of likely N-dealkylation sites (N-methyl/N-ethyl adjacent to an activating group) is 1. The molecule has 3 amide bonds. The molecular formula is C21H29N3O4. The lowest BCUT2D eigenvalue weighted by Gasteiger charge is -2.39. The molecule has 0 saturated carbocycles. The van der Waals surface area contributed by atoms with Crippen LogP contribution in [0.15, 0.2) is 18.2 Å². The van der Waals surface area contributed by atoms with Gasteiger partial charge in [0, 0.05) is 50.5 Å². The number of piperidine rings is 1. The van der Waals surface area contributed by atoms with Crippen LogP contribution >= 0.6 is 0 Å². The molecule has 28 heavy (non-hydrogen) atoms. The minimum atomic E-state index is -0.667. The lowest BCUT2D eigenvalue weighted by molar-refractivity contribution is -0.138. The number of benzene rings is 1. The molecule has 0 bridgehead atoms. The predicted octanol–water partition coefficient (Wildman–Crippen LogP) is 1.29. The highest BCUT2D eigenvalue weighted by Gasteiger charge is 2.51. The molecule has 1 fully saturated rings. The molecule has 2 heterocycles. The maximum Gasteiger partial charge on any atom is 0.251 e. The Morgan fingerprint density at radius 1 is 1.25 bits per heavy atom. The van der Waals surface area contributed by atoms with Gasteiger partial charge >= 0.3 is 0 Å². The third-order valence-corrected chi connectivity index (χ3v) is 5.89. The molecule has 2 aliphatic heterocycles. The van der Waals surface area contributed by atoms with Gasteiger partial charge in [-0.15, -0.1) is 0 Å². The number of carbonyl (C=O) groups excluding carboxylic acids is 3. The van der Waals surface area contributed by atoms with E-state index < -0.39 is 5.41 Å². The van der Waals surface area contributed by atoms with Crippen LogP contribution in [0.25, 0.3) is 0 Å². The average Bonchev–Trinajstić information content (AvgIpc) is 2.90. The third kappa shape index (κ3) is 3.39. The minimum absolute atomic E-state index is 0.0263. The van der Waals surface area contributed by atoms with Crippen LogP contribution < -0.4 is 10.2 Å². The van der Waals surface area contributed by atoms with Crippen LogP contribution in [0, 0.1) is 5.92 Å². The van der Waals surface area contributed by atoms with Crippen molar-refractivity contribution < 1.29 is 19.5 Å². The average molecular weight is 387 g/mol. The summed E-state index contributed by atoms with van der Waals surface area (Å²) in [5.74, 6) is -0.110. The van der Waals surface area contributed by atoms with Crippen LogP contribution in [-0.2, 0) is 15.0 Å². The Kier molecular flexibility index (Phi) is 5.74. The zero-order chi connectivity index (χ0) is 20.5. The van der Waals surface area contributed by atoms with E-state index >= 15 is 0 Å². The van der Waals surface area contributed by atoms with Gasteiger partial charge < -0.3 is 20.2 Å². The van der Waals surface area contributed by atoms with Gasteiger partial charge in [0.25, 0.3) is 5.91 Å². The summed E-state index contributed by atoms with van der Waals surface area (Å²) in [4.78, 5) is 41.4. The fourth-order valence-electron chi connectivity index (χ4n) is 4.24. The number of nitrogens with zero attached hydrogens (tertiary/aromatic N) is 2. The molecule has 1 aromatic carbocycles. The van der Waals surface area contributed by atoms with Crippen molar-refractivity contribution >= 4 is 23.4 Å². The minimum Gasteiger partial charge on any atom is -0.396 e. The summed E-state index contributed by atoms with van der Waals surface area (Å²) in [5.41, 5.74) is 1.56. The Morgan fingerprint density at radius 2 is 1.93 bits per heavy atom. The van der Waals surface area contributed by atoms with Gasteiger partial charge in [0.1, 0.15) is 0 Å². The van der Waals surface area contributed by atoms with E-state index in [2.05, 4.69) is 5.32 Å². The summed E-state index contributed by atoms with van der Waals surface area (Å²) in [5, 5.41) is 11.7. The van der Waals surface area contributed by atoms with Crippen molar-refractivity contribution in [2.75, 3.05) is 38.2 Å². The second kappa shape index (κ2) is 7.91. The molecule has 1 aromatic rings. The van der Waals surface area contributed by atoms with Crippen molar-refractivity contribution in [3.63, 3.8) is 0 Å². The van der Waals surface area contributed by atoms with Gasteiger partial charge in [-0.1, -0.05) is 13.8 Å². The van der Waals surface area contributed by atoms with E-state index in [1.165, 1.54) is 0 Å². The zero-order valence-corrected chi connectivity index (χ0v) is 16.8. The Labute approximate surface area is 165 Å². The number of amides is 3. The first-order valence-corrected chi connectivity index (χ1v) is 9.92. The van der Waals surface area contributed by atoms with Gasteiger partial charge in [-0.2, -0.15) is 0 Å². The van der Waals surface area contributed by atoms with E-state index in [4.69, 9.17) is 5.11 Å². The van der Waals surface area contributed by atoms with Crippen LogP contribution in [0.4, 0.5) is 5.69 Å². The fourth-order valence-corrected chi connectivity index (χ4v) is 4.24. The summed E-state index contributed by atoms with van der Waals surface area (Å²) in [6, 6.07) is 5.38. The molecule has 7 heteroatoms. The molecule has 2 N–H and O–H groups in total. The van der Waals surface area contributed by atoms with Crippen LogP contribution in [-0.4, -0.2) is 61.0 Å². The van der Waals surface area contributed by atoms with Crippen molar-refractivity contribution in [2.45, 2.75) is 38.5 Å².